The quantitative estimate of drug-likeness (QED) is 0.479. The number of piperazine rings is 1. The van der Waals surface area contributed by atoms with Gasteiger partial charge < -0.3 is 15.1 Å². The molecule has 4 fully saturated rings. The van der Waals surface area contributed by atoms with E-state index in [0.717, 1.165) is 6.41 Å². The van der Waals surface area contributed by atoms with E-state index < -0.39 is 32.2 Å². The van der Waals surface area contributed by atoms with Gasteiger partial charge in [-0.2, -0.15) is 5.26 Å². The third kappa shape index (κ3) is 4.82. The number of hydrogen-bond donors (Lipinski definition) is 1. The first-order valence-corrected chi connectivity index (χ1v) is 14.5. The van der Waals surface area contributed by atoms with Crippen molar-refractivity contribution in [3.8, 4) is 6.07 Å². The number of amides is 3. The van der Waals surface area contributed by atoms with Crippen molar-refractivity contribution in [3.63, 3.8) is 0 Å². The third-order valence-corrected chi connectivity index (χ3v) is 10.8. The van der Waals surface area contributed by atoms with Gasteiger partial charge in [0.25, 0.3) is 0 Å². The molecule has 2 aliphatic heterocycles. The zero-order valence-electron chi connectivity index (χ0n) is 20.4. The molecule has 3 amide bonds. The summed E-state index contributed by atoms with van der Waals surface area (Å²) in [7, 11) is -3.86. The number of benzene rings is 1. The van der Waals surface area contributed by atoms with E-state index in [1.165, 1.54) is 12.1 Å². The molecule has 198 valence electrons. The normalized spacial score (nSPS) is 26.3. The van der Waals surface area contributed by atoms with Crippen molar-refractivity contribution in [1.82, 2.24) is 20.0 Å². The van der Waals surface area contributed by atoms with Gasteiger partial charge in [-0.1, -0.05) is 23.7 Å². The predicted octanol–water partition coefficient (Wildman–Crippen LogP) is 0.952. The standard InChI is InChI=1S/C25H30ClN5O5S/c26-20-3-1-2-4-21(20)37(35,36)19-13-18(14-22(33)28-24(16-27)5-6-24)31(15-19)23(34)25(7-8-25)30-11-9-29(17-32)10-12-30/h1-4,17-19H,5-15H2,(H,28,33)/t18-,19-/m1/s1. The first kappa shape index (κ1) is 25.9. The molecule has 0 bridgehead atoms. The van der Waals surface area contributed by atoms with Gasteiger partial charge in [-0.25, -0.2) is 8.42 Å². The Morgan fingerprint density at radius 2 is 1.81 bits per heavy atom. The molecule has 2 saturated carbocycles. The van der Waals surface area contributed by atoms with Crippen LogP contribution in [-0.2, 0) is 24.2 Å². The lowest BCUT2D eigenvalue weighted by Crippen LogP contribution is -2.58. The molecule has 2 aliphatic carbocycles. The second-order valence-corrected chi connectivity index (χ2v) is 13.2. The Bertz CT molecular complexity index is 1250. The highest BCUT2D eigenvalue weighted by atomic mass is 35.5. The third-order valence-electron chi connectivity index (χ3n) is 8.17. The van der Waals surface area contributed by atoms with Gasteiger partial charge >= 0.3 is 0 Å². The lowest BCUT2D eigenvalue weighted by atomic mass is 10.1. The summed E-state index contributed by atoms with van der Waals surface area (Å²) < 4.78 is 27.1. The highest BCUT2D eigenvalue weighted by Crippen LogP contribution is 2.46. The van der Waals surface area contributed by atoms with Crippen LogP contribution in [0.25, 0.3) is 0 Å². The van der Waals surface area contributed by atoms with Crippen LogP contribution >= 0.6 is 11.6 Å². The largest absolute Gasteiger partial charge is 0.343 e. The van der Waals surface area contributed by atoms with Crippen LogP contribution in [-0.4, -0.2) is 96.4 Å². The molecular weight excluding hydrogens is 518 g/mol. The number of nitriles is 1. The van der Waals surface area contributed by atoms with E-state index in [-0.39, 0.29) is 41.1 Å². The Kier molecular flexibility index (Phi) is 6.71. The number of halogens is 1. The zero-order chi connectivity index (χ0) is 26.4. The molecule has 5 rings (SSSR count). The highest BCUT2D eigenvalue weighted by molar-refractivity contribution is 7.92. The first-order chi connectivity index (χ1) is 17.6. The summed E-state index contributed by atoms with van der Waals surface area (Å²) in [4.78, 5) is 43.4. The second kappa shape index (κ2) is 9.57. The fraction of sp³-hybridized carbons (Fsp3) is 0.600. The summed E-state index contributed by atoms with van der Waals surface area (Å²) in [6.45, 7) is 2.17. The molecule has 0 radical (unpaired) electrons. The van der Waals surface area contributed by atoms with E-state index in [2.05, 4.69) is 16.3 Å². The molecule has 10 nitrogen and oxygen atoms in total. The summed E-state index contributed by atoms with van der Waals surface area (Å²) in [5.41, 5.74) is -1.57. The molecule has 0 unspecified atom stereocenters. The molecule has 1 N–H and O–H groups in total. The van der Waals surface area contributed by atoms with Crippen molar-refractivity contribution >= 4 is 39.7 Å². The number of carbonyl (C=O) groups excluding carboxylic acids is 3. The first-order valence-electron chi connectivity index (χ1n) is 12.6. The maximum absolute atomic E-state index is 14.0. The van der Waals surface area contributed by atoms with Crippen molar-refractivity contribution in [2.75, 3.05) is 32.7 Å². The summed E-state index contributed by atoms with van der Waals surface area (Å²) in [5, 5.41) is 11.3. The SMILES string of the molecule is N#CC1(NC(=O)C[C@H]2C[C@@H](S(=O)(=O)c3ccccc3Cl)CN2C(=O)C2(N3CCN(C=O)CC3)CC2)CC1. The van der Waals surface area contributed by atoms with Gasteiger partial charge in [0.1, 0.15) is 11.1 Å². The van der Waals surface area contributed by atoms with Crippen LogP contribution < -0.4 is 5.32 Å². The minimum Gasteiger partial charge on any atom is -0.343 e. The van der Waals surface area contributed by atoms with Crippen molar-refractivity contribution in [2.24, 2.45) is 0 Å². The van der Waals surface area contributed by atoms with E-state index >= 15 is 0 Å². The summed E-state index contributed by atoms with van der Waals surface area (Å²) >= 11 is 6.22. The number of nitrogens with one attached hydrogen (secondary N) is 1. The van der Waals surface area contributed by atoms with Gasteiger partial charge in [0, 0.05) is 45.2 Å². The molecule has 37 heavy (non-hydrogen) atoms. The zero-order valence-corrected chi connectivity index (χ0v) is 22.0. The predicted molar refractivity (Wildman–Crippen MR) is 134 cm³/mol. The maximum Gasteiger partial charge on any atom is 0.243 e. The van der Waals surface area contributed by atoms with Gasteiger partial charge in [-0.15, -0.1) is 0 Å². The van der Waals surface area contributed by atoms with Crippen molar-refractivity contribution in [1.29, 1.82) is 5.26 Å². The van der Waals surface area contributed by atoms with Crippen LogP contribution in [0.3, 0.4) is 0 Å². The van der Waals surface area contributed by atoms with Gasteiger partial charge in [0.15, 0.2) is 9.84 Å². The Morgan fingerprint density at radius 1 is 1.14 bits per heavy atom. The van der Waals surface area contributed by atoms with E-state index in [4.69, 9.17) is 11.6 Å². The fourth-order valence-electron chi connectivity index (χ4n) is 5.62. The number of rotatable bonds is 8. The van der Waals surface area contributed by atoms with Crippen molar-refractivity contribution in [2.45, 2.75) is 65.8 Å². The fourth-order valence-corrected chi connectivity index (χ4v) is 7.88. The molecule has 2 saturated heterocycles. The van der Waals surface area contributed by atoms with E-state index in [9.17, 15) is 28.1 Å². The van der Waals surface area contributed by atoms with Gasteiger partial charge in [-0.05, 0) is 44.2 Å². The molecule has 12 heteroatoms. The van der Waals surface area contributed by atoms with E-state index in [0.29, 0.717) is 51.9 Å². The van der Waals surface area contributed by atoms with Crippen LogP contribution in [0.15, 0.2) is 29.2 Å². The number of likely N-dealkylation sites (tertiary alicyclic amines) is 1. The topological polar surface area (TPSA) is 131 Å². The second-order valence-electron chi connectivity index (χ2n) is 10.6. The summed E-state index contributed by atoms with van der Waals surface area (Å²) in [6, 6.07) is 7.76. The lowest BCUT2D eigenvalue weighted by Gasteiger charge is -2.40. The molecule has 1 aromatic rings. The van der Waals surface area contributed by atoms with Crippen LogP contribution in [0.4, 0.5) is 0 Å². The van der Waals surface area contributed by atoms with Crippen LogP contribution in [0.5, 0.6) is 0 Å². The number of hydrogen-bond acceptors (Lipinski definition) is 7. The van der Waals surface area contributed by atoms with E-state index in [1.807, 2.05) is 0 Å². The molecule has 0 aromatic heterocycles. The minimum absolute atomic E-state index is 0.0201. The maximum atomic E-state index is 14.0. The Morgan fingerprint density at radius 3 is 2.38 bits per heavy atom. The Balaban J connectivity index is 1.38. The Labute approximate surface area is 221 Å². The number of nitrogens with zero attached hydrogens (tertiary/aromatic N) is 4. The molecule has 1 aromatic carbocycles. The highest BCUT2D eigenvalue weighted by Gasteiger charge is 2.59. The molecule has 2 heterocycles. The average molecular weight is 548 g/mol. The van der Waals surface area contributed by atoms with Gasteiger partial charge in [-0.3, -0.25) is 19.3 Å². The minimum atomic E-state index is -3.86. The van der Waals surface area contributed by atoms with Crippen molar-refractivity contribution < 1.29 is 22.8 Å². The molecule has 2 atom stereocenters. The molecule has 4 aliphatic rings. The van der Waals surface area contributed by atoms with E-state index in [1.54, 1.807) is 21.9 Å². The monoisotopic (exact) mass is 547 g/mol. The van der Waals surface area contributed by atoms with Gasteiger partial charge in [0.05, 0.1) is 21.2 Å². The van der Waals surface area contributed by atoms with Crippen LogP contribution in [0.1, 0.15) is 38.5 Å². The smallest absolute Gasteiger partial charge is 0.243 e. The molecular formula is C25H30ClN5O5S. The van der Waals surface area contributed by atoms with Crippen molar-refractivity contribution in [3.05, 3.63) is 29.3 Å². The average Bonchev–Trinajstić information content (AvgIpc) is 3.81. The van der Waals surface area contributed by atoms with Crippen LogP contribution in [0, 0.1) is 11.3 Å². The number of carbonyl (C=O) groups is 3. The molecule has 0 spiro atoms. The Hall–Kier alpha value is -2.68. The summed E-state index contributed by atoms with van der Waals surface area (Å²) in [5.74, 6) is -0.523. The lowest BCUT2D eigenvalue weighted by molar-refractivity contribution is -0.141. The van der Waals surface area contributed by atoms with Crippen LogP contribution in [0.2, 0.25) is 5.02 Å². The number of sulfone groups is 1. The summed E-state index contributed by atoms with van der Waals surface area (Å²) in [6.07, 6.45) is 3.33. The van der Waals surface area contributed by atoms with Gasteiger partial charge in [0.2, 0.25) is 18.2 Å².